The van der Waals surface area contributed by atoms with Crippen LogP contribution in [0, 0.1) is 0 Å². The maximum atomic E-state index is 6.28. The minimum Gasteiger partial charge on any atom is -0.493 e. The van der Waals surface area contributed by atoms with Gasteiger partial charge in [0, 0.05) is 37.9 Å². The number of para-hydroxylation sites is 1. The third-order valence-electron chi connectivity index (χ3n) is 7.09. The molecule has 0 fully saturated rings. The van der Waals surface area contributed by atoms with E-state index in [0.29, 0.717) is 0 Å². The first-order chi connectivity index (χ1) is 18.8. The third kappa shape index (κ3) is 8.70. The van der Waals surface area contributed by atoms with Crippen molar-refractivity contribution in [2.75, 3.05) is 27.3 Å². The van der Waals surface area contributed by atoms with Gasteiger partial charge in [0.1, 0.15) is 11.4 Å². The number of benzene rings is 2. The van der Waals surface area contributed by atoms with Crippen molar-refractivity contribution in [3.05, 3.63) is 83.2 Å². The normalized spacial score (nSPS) is 13.5. The SMILES string of the molecule is COc1cc2c(cc1OC)CN(CCCCCCN(Cc1ccccn1)Cc1ccccc1OC(C)(C)C)C2. The highest BCUT2D eigenvalue weighted by Gasteiger charge is 2.21. The lowest BCUT2D eigenvalue weighted by molar-refractivity contribution is 0.126. The smallest absolute Gasteiger partial charge is 0.161 e. The minimum absolute atomic E-state index is 0.225. The number of aromatic nitrogens is 1. The standard InChI is InChI=1S/C33H45N3O3/c1-33(2,3)39-30-16-9-8-14-26(30)22-36(25-29-15-10-11-17-34-29)19-13-7-6-12-18-35-23-27-20-31(37-4)32(38-5)21-28(27)24-35/h8-11,14-17,20-21H,6-7,12-13,18-19,22-25H2,1-5H3. The Hall–Kier alpha value is -3.09. The van der Waals surface area contributed by atoms with Crippen LogP contribution in [0.2, 0.25) is 0 Å². The van der Waals surface area contributed by atoms with Gasteiger partial charge < -0.3 is 14.2 Å². The molecular weight excluding hydrogens is 486 g/mol. The molecule has 4 rings (SSSR count). The van der Waals surface area contributed by atoms with Crippen molar-refractivity contribution in [2.24, 2.45) is 0 Å². The van der Waals surface area contributed by atoms with Crippen LogP contribution in [0.15, 0.2) is 60.8 Å². The lowest BCUT2D eigenvalue weighted by Gasteiger charge is -2.27. The number of methoxy groups -OCH3 is 2. The number of fused-ring (bicyclic) bond motifs is 1. The third-order valence-corrected chi connectivity index (χ3v) is 7.09. The molecular formula is C33H45N3O3. The number of pyridine rings is 1. The van der Waals surface area contributed by atoms with Crippen LogP contribution >= 0.6 is 0 Å². The number of rotatable bonds is 14. The molecule has 0 radical (unpaired) electrons. The molecule has 6 heteroatoms. The van der Waals surface area contributed by atoms with Crippen LogP contribution in [-0.2, 0) is 26.2 Å². The molecule has 0 N–H and O–H groups in total. The Bertz CT molecular complexity index is 1140. The van der Waals surface area contributed by atoms with Crippen molar-refractivity contribution in [2.45, 2.75) is 78.2 Å². The molecule has 3 aromatic rings. The molecule has 0 bridgehead atoms. The molecule has 2 aromatic carbocycles. The van der Waals surface area contributed by atoms with Crippen LogP contribution in [0.1, 0.15) is 68.8 Å². The summed E-state index contributed by atoms with van der Waals surface area (Å²) in [4.78, 5) is 9.62. The molecule has 6 nitrogen and oxygen atoms in total. The number of unbranched alkanes of at least 4 members (excludes halogenated alkanes) is 3. The Labute approximate surface area is 234 Å². The van der Waals surface area contributed by atoms with Gasteiger partial charge >= 0.3 is 0 Å². The maximum Gasteiger partial charge on any atom is 0.161 e. The van der Waals surface area contributed by atoms with Gasteiger partial charge in [-0.25, -0.2) is 0 Å². The van der Waals surface area contributed by atoms with Gasteiger partial charge in [0.25, 0.3) is 0 Å². The van der Waals surface area contributed by atoms with E-state index in [-0.39, 0.29) is 5.60 Å². The monoisotopic (exact) mass is 531 g/mol. The van der Waals surface area contributed by atoms with E-state index in [1.807, 2.05) is 12.3 Å². The van der Waals surface area contributed by atoms with Crippen LogP contribution in [-0.4, -0.2) is 47.7 Å². The highest BCUT2D eigenvalue weighted by atomic mass is 16.5. The molecule has 0 saturated heterocycles. The molecule has 1 aliphatic heterocycles. The number of hydrogen-bond donors (Lipinski definition) is 0. The van der Waals surface area contributed by atoms with Crippen LogP contribution in [0.25, 0.3) is 0 Å². The molecule has 0 amide bonds. The minimum atomic E-state index is -0.225. The van der Waals surface area contributed by atoms with Gasteiger partial charge in [-0.1, -0.05) is 37.1 Å². The first kappa shape index (κ1) is 28.9. The topological polar surface area (TPSA) is 47.1 Å². The molecule has 1 aromatic heterocycles. The Morgan fingerprint density at radius 3 is 2.10 bits per heavy atom. The quantitative estimate of drug-likeness (QED) is 0.212. The molecule has 2 heterocycles. The highest BCUT2D eigenvalue weighted by molar-refractivity contribution is 5.48. The predicted octanol–water partition coefficient (Wildman–Crippen LogP) is 6.85. The second-order valence-electron chi connectivity index (χ2n) is 11.5. The Morgan fingerprint density at radius 2 is 1.46 bits per heavy atom. The second kappa shape index (κ2) is 13.8. The van der Waals surface area contributed by atoms with E-state index in [1.54, 1.807) is 14.2 Å². The summed E-state index contributed by atoms with van der Waals surface area (Å²) in [7, 11) is 3.40. The molecule has 0 aliphatic carbocycles. The van der Waals surface area contributed by atoms with Crippen molar-refractivity contribution >= 4 is 0 Å². The lowest BCUT2D eigenvalue weighted by atomic mass is 10.1. The zero-order valence-electron chi connectivity index (χ0n) is 24.4. The summed E-state index contributed by atoms with van der Waals surface area (Å²) in [6, 6.07) is 18.9. The fourth-order valence-electron chi connectivity index (χ4n) is 5.22. The van der Waals surface area contributed by atoms with E-state index in [4.69, 9.17) is 14.2 Å². The molecule has 0 saturated carbocycles. The van der Waals surface area contributed by atoms with E-state index >= 15 is 0 Å². The van der Waals surface area contributed by atoms with Gasteiger partial charge in [0.2, 0.25) is 0 Å². The largest absolute Gasteiger partial charge is 0.493 e. The summed E-state index contributed by atoms with van der Waals surface area (Å²) in [5, 5.41) is 0. The van der Waals surface area contributed by atoms with Crippen molar-refractivity contribution in [1.29, 1.82) is 0 Å². The average molecular weight is 532 g/mol. The van der Waals surface area contributed by atoms with Gasteiger partial charge in [-0.05, 0) is 88.2 Å². The summed E-state index contributed by atoms with van der Waals surface area (Å²) in [5.41, 5.74) is 4.82. The Kier molecular flexibility index (Phi) is 10.2. The summed E-state index contributed by atoms with van der Waals surface area (Å²) in [5.74, 6) is 2.61. The number of nitrogens with zero attached hydrogens (tertiary/aromatic N) is 3. The van der Waals surface area contributed by atoms with E-state index in [9.17, 15) is 0 Å². The van der Waals surface area contributed by atoms with E-state index in [2.05, 4.69) is 84.1 Å². The van der Waals surface area contributed by atoms with Crippen LogP contribution in [0.3, 0.4) is 0 Å². The van der Waals surface area contributed by atoms with Crippen molar-refractivity contribution < 1.29 is 14.2 Å². The predicted molar refractivity (Wildman–Crippen MR) is 157 cm³/mol. The van der Waals surface area contributed by atoms with Crippen molar-refractivity contribution in [3.63, 3.8) is 0 Å². The Balaban J connectivity index is 1.26. The first-order valence-corrected chi connectivity index (χ1v) is 14.2. The van der Waals surface area contributed by atoms with E-state index in [0.717, 1.165) is 62.2 Å². The molecule has 0 spiro atoms. The number of hydrogen-bond acceptors (Lipinski definition) is 6. The maximum absolute atomic E-state index is 6.28. The van der Waals surface area contributed by atoms with Crippen LogP contribution < -0.4 is 14.2 Å². The molecule has 0 unspecified atom stereocenters. The number of ether oxygens (including phenoxy) is 3. The van der Waals surface area contributed by atoms with E-state index < -0.39 is 0 Å². The van der Waals surface area contributed by atoms with Gasteiger partial charge in [0.05, 0.1) is 19.9 Å². The molecule has 39 heavy (non-hydrogen) atoms. The highest BCUT2D eigenvalue weighted by Crippen LogP contribution is 2.35. The molecule has 0 atom stereocenters. The summed E-state index contributed by atoms with van der Waals surface area (Å²) >= 11 is 0. The van der Waals surface area contributed by atoms with Crippen molar-refractivity contribution in [3.8, 4) is 17.2 Å². The van der Waals surface area contributed by atoms with Gasteiger partial charge in [-0.2, -0.15) is 0 Å². The fraction of sp³-hybridized carbons (Fsp3) is 0.485. The summed E-state index contributed by atoms with van der Waals surface area (Å²) < 4.78 is 17.2. The second-order valence-corrected chi connectivity index (χ2v) is 11.5. The molecule has 1 aliphatic rings. The van der Waals surface area contributed by atoms with Gasteiger partial charge in [-0.3, -0.25) is 14.8 Å². The zero-order valence-corrected chi connectivity index (χ0v) is 24.4. The summed E-state index contributed by atoms with van der Waals surface area (Å²) in [6.07, 6.45) is 6.73. The fourth-order valence-corrected chi connectivity index (χ4v) is 5.22. The van der Waals surface area contributed by atoms with Gasteiger partial charge in [0.15, 0.2) is 11.5 Å². The molecule has 210 valence electrons. The first-order valence-electron chi connectivity index (χ1n) is 14.2. The van der Waals surface area contributed by atoms with Crippen molar-refractivity contribution in [1.82, 2.24) is 14.8 Å². The zero-order chi connectivity index (χ0) is 27.7. The van der Waals surface area contributed by atoms with Gasteiger partial charge in [-0.15, -0.1) is 0 Å². The van der Waals surface area contributed by atoms with Crippen LogP contribution in [0.5, 0.6) is 17.2 Å². The average Bonchev–Trinajstić information content (AvgIpc) is 3.32. The summed E-state index contributed by atoms with van der Waals surface area (Å²) in [6.45, 7) is 12.1. The van der Waals surface area contributed by atoms with Crippen LogP contribution in [0.4, 0.5) is 0 Å². The lowest BCUT2D eigenvalue weighted by Crippen LogP contribution is -2.27. The van der Waals surface area contributed by atoms with E-state index in [1.165, 1.54) is 42.4 Å². The Morgan fingerprint density at radius 1 is 0.795 bits per heavy atom.